The average Bonchev–Trinajstić information content (AvgIpc) is 2.78. The van der Waals surface area contributed by atoms with Gasteiger partial charge in [0.05, 0.1) is 12.2 Å². The summed E-state index contributed by atoms with van der Waals surface area (Å²) >= 11 is 0. The maximum atomic E-state index is 12.2. The molecule has 2 nitrogen and oxygen atoms in total. The first kappa shape index (κ1) is 24.2. The van der Waals surface area contributed by atoms with Crippen molar-refractivity contribution in [3.05, 3.63) is 59.7 Å². The van der Waals surface area contributed by atoms with Crippen molar-refractivity contribution in [2.75, 3.05) is 6.61 Å². The summed E-state index contributed by atoms with van der Waals surface area (Å²) in [5, 5.41) is 0. The molecule has 0 atom stereocenters. The van der Waals surface area contributed by atoms with Crippen LogP contribution in [0.5, 0.6) is 0 Å². The summed E-state index contributed by atoms with van der Waals surface area (Å²) in [6.07, 6.45) is 15.1. The summed E-state index contributed by atoms with van der Waals surface area (Å²) < 4.78 is 5.45. The lowest BCUT2D eigenvalue weighted by Crippen LogP contribution is -2.06. The van der Waals surface area contributed by atoms with Crippen LogP contribution in [0.1, 0.15) is 100 Å². The lowest BCUT2D eigenvalue weighted by atomic mass is 10.0. The fourth-order valence-electron chi connectivity index (χ4n) is 3.79. The Hall–Kier alpha value is -2.09. The zero-order valence-electron chi connectivity index (χ0n) is 19.1. The second-order valence-corrected chi connectivity index (χ2v) is 8.34. The van der Waals surface area contributed by atoms with E-state index in [1.54, 1.807) is 0 Å². The van der Waals surface area contributed by atoms with Crippen molar-refractivity contribution in [1.82, 2.24) is 0 Å². The van der Waals surface area contributed by atoms with Crippen LogP contribution in [-0.2, 0) is 11.2 Å². The first-order chi connectivity index (χ1) is 14.7. The number of carbonyl (C=O) groups is 1. The fourth-order valence-corrected chi connectivity index (χ4v) is 3.79. The average molecular weight is 409 g/mol. The van der Waals surface area contributed by atoms with Crippen molar-refractivity contribution in [1.29, 1.82) is 0 Å². The smallest absolute Gasteiger partial charge is 0.338 e. The van der Waals surface area contributed by atoms with Crippen LogP contribution in [0.25, 0.3) is 11.1 Å². The molecule has 0 aliphatic rings. The molecule has 2 aromatic carbocycles. The Bertz CT molecular complexity index is 700. The van der Waals surface area contributed by atoms with Crippen LogP contribution in [0, 0.1) is 0 Å². The van der Waals surface area contributed by atoms with Gasteiger partial charge < -0.3 is 4.74 Å². The Kier molecular flexibility index (Phi) is 11.9. The van der Waals surface area contributed by atoms with Gasteiger partial charge in [-0.3, -0.25) is 0 Å². The van der Waals surface area contributed by atoms with Crippen molar-refractivity contribution in [2.24, 2.45) is 0 Å². The van der Waals surface area contributed by atoms with Crippen molar-refractivity contribution >= 4 is 5.97 Å². The highest BCUT2D eigenvalue weighted by Gasteiger charge is 2.07. The second kappa shape index (κ2) is 14.8. The topological polar surface area (TPSA) is 26.3 Å². The number of aryl methyl sites for hydroxylation is 1. The number of unbranched alkanes of at least 4 members (excludes halogenated alkanes) is 9. The van der Waals surface area contributed by atoms with E-state index in [0.29, 0.717) is 12.2 Å². The molecule has 0 fully saturated rings. The molecule has 0 aliphatic heterocycles. The van der Waals surface area contributed by atoms with E-state index < -0.39 is 0 Å². The van der Waals surface area contributed by atoms with Crippen LogP contribution in [0.3, 0.4) is 0 Å². The van der Waals surface area contributed by atoms with Gasteiger partial charge >= 0.3 is 5.97 Å². The Morgan fingerprint density at radius 1 is 0.633 bits per heavy atom. The Labute approximate surface area is 184 Å². The molecule has 0 aliphatic carbocycles. The maximum absolute atomic E-state index is 12.2. The van der Waals surface area contributed by atoms with E-state index >= 15 is 0 Å². The standard InChI is InChI=1S/C28H40O2/c1-3-5-6-7-8-9-10-11-12-13-23-30-28(29)27-21-19-26(20-22-27)25-17-15-24(14-4-2)16-18-25/h15-22H,3-14,23H2,1-2H3. The molecule has 164 valence electrons. The lowest BCUT2D eigenvalue weighted by Gasteiger charge is -2.07. The monoisotopic (exact) mass is 408 g/mol. The van der Waals surface area contributed by atoms with Gasteiger partial charge in [-0.2, -0.15) is 0 Å². The normalized spacial score (nSPS) is 10.9. The van der Waals surface area contributed by atoms with Gasteiger partial charge in [-0.15, -0.1) is 0 Å². The molecule has 0 unspecified atom stereocenters. The molecule has 0 saturated heterocycles. The largest absolute Gasteiger partial charge is 0.462 e. The number of rotatable bonds is 15. The molecule has 0 aromatic heterocycles. The predicted molar refractivity (Wildman–Crippen MR) is 128 cm³/mol. The third-order valence-electron chi connectivity index (χ3n) is 5.68. The van der Waals surface area contributed by atoms with Gasteiger partial charge in [-0.05, 0) is 41.7 Å². The summed E-state index contributed by atoms with van der Waals surface area (Å²) in [5.74, 6) is -0.212. The number of esters is 1. The van der Waals surface area contributed by atoms with Gasteiger partial charge in [0.2, 0.25) is 0 Å². The number of hydrogen-bond donors (Lipinski definition) is 0. The van der Waals surface area contributed by atoms with Gasteiger partial charge in [0.15, 0.2) is 0 Å². The summed E-state index contributed by atoms with van der Waals surface area (Å²) in [6.45, 7) is 4.98. The van der Waals surface area contributed by atoms with E-state index in [2.05, 4.69) is 38.1 Å². The fraction of sp³-hybridized carbons (Fsp3) is 0.536. The number of carbonyl (C=O) groups excluding carboxylic acids is 1. The van der Waals surface area contributed by atoms with E-state index in [9.17, 15) is 4.79 Å². The van der Waals surface area contributed by atoms with Crippen molar-refractivity contribution < 1.29 is 9.53 Å². The first-order valence-electron chi connectivity index (χ1n) is 12.1. The SMILES string of the molecule is CCCCCCCCCCCCOC(=O)c1ccc(-c2ccc(CCC)cc2)cc1. The Morgan fingerprint density at radius 2 is 1.13 bits per heavy atom. The van der Waals surface area contributed by atoms with E-state index in [-0.39, 0.29) is 5.97 Å². The Balaban J connectivity index is 1.62. The molecule has 30 heavy (non-hydrogen) atoms. The van der Waals surface area contributed by atoms with Crippen molar-refractivity contribution in [3.63, 3.8) is 0 Å². The zero-order chi connectivity index (χ0) is 21.4. The van der Waals surface area contributed by atoms with Crippen LogP contribution in [-0.4, -0.2) is 12.6 Å². The van der Waals surface area contributed by atoms with Gasteiger partial charge in [-0.25, -0.2) is 4.79 Å². The Morgan fingerprint density at radius 3 is 1.67 bits per heavy atom. The van der Waals surface area contributed by atoms with Crippen LogP contribution in [0.4, 0.5) is 0 Å². The first-order valence-corrected chi connectivity index (χ1v) is 12.1. The molecule has 0 heterocycles. The molecule has 0 radical (unpaired) electrons. The highest BCUT2D eigenvalue weighted by molar-refractivity contribution is 5.90. The molecule has 0 saturated carbocycles. The summed E-state index contributed by atoms with van der Waals surface area (Å²) in [4.78, 5) is 12.2. The molecule has 0 bridgehead atoms. The quantitative estimate of drug-likeness (QED) is 0.218. The van der Waals surface area contributed by atoms with Crippen LogP contribution >= 0.6 is 0 Å². The minimum Gasteiger partial charge on any atom is -0.462 e. The van der Waals surface area contributed by atoms with Crippen LogP contribution in [0.15, 0.2) is 48.5 Å². The van der Waals surface area contributed by atoms with Crippen molar-refractivity contribution in [2.45, 2.75) is 90.9 Å². The molecular formula is C28H40O2. The lowest BCUT2D eigenvalue weighted by molar-refractivity contribution is 0.0497. The molecule has 0 amide bonds. The van der Waals surface area contributed by atoms with E-state index in [4.69, 9.17) is 4.74 Å². The maximum Gasteiger partial charge on any atom is 0.338 e. The van der Waals surface area contributed by atoms with Crippen molar-refractivity contribution in [3.8, 4) is 11.1 Å². The van der Waals surface area contributed by atoms with Gasteiger partial charge in [0, 0.05) is 0 Å². The summed E-state index contributed by atoms with van der Waals surface area (Å²) in [7, 11) is 0. The van der Waals surface area contributed by atoms with Gasteiger partial charge in [0.25, 0.3) is 0 Å². The van der Waals surface area contributed by atoms with E-state index in [1.165, 1.54) is 62.5 Å². The molecule has 0 N–H and O–H groups in total. The molecular weight excluding hydrogens is 368 g/mol. The van der Waals surface area contributed by atoms with Gasteiger partial charge in [0.1, 0.15) is 0 Å². The van der Waals surface area contributed by atoms with Crippen LogP contribution in [0.2, 0.25) is 0 Å². The highest BCUT2D eigenvalue weighted by Crippen LogP contribution is 2.21. The molecule has 2 aromatic rings. The van der Waals surface area contributed by atoms with E-state index in [1.807, 2.05) is 24.3 Å². The highest BCUT2D eigenvalue weighted by atomic mass is 16.5. The van der Waals surface area contributed by atoms with E-state index in [0.717, 1.165) is 31.2 Å². The second-order valence-electron chi connectivity index (χ2n) is 8.34. The molecule has 2 rings (SSSR count). The third-order valence-corrected chi connectivity index (χ3v) is 5.68. The minimum atomic E-state index is -0.212. The van der Waals surface area contributed by atoms with Crippen LogP contribution < -0.4 is 0 Å². The number of ether oxygens (including phenoxy) is 1. The number of benzene rings is 2. The number of hydrogen-bond acceptors (Lipinski definition) is 2. The third kappa shape index (κ3) is 9.15. The summed E-state index contributed by atoms with van der Waals surface area (Å²) in [5.41, 5.74) is 4.31. The predicted octanol–water partition coefficient (Wildman–Crippen LogP) is 8.38. The molecule has 2 heteroatoms. The zero-order valence-corrected chi connectivity index (χ0v) is 19.1. The summed E-state index contributed by atoms with van der Waals surface area (Å²) in [6, 6.07) is 16.4. The minimum absolute atomic E-state index is 0.212. The molecule has 0 spiro atoms. The van der Waals surface area contributed by atoms with Gasteiger partial charge in [-0.1, -0.05) is 114 Å².